The van der Waals surface area contributed by atoms with Gasteiger partial charge in [0.05, 0.1) is 17.0 Å². The Bertz CT molecular complexity index is 727. The normalized spacial score (nSPS) is 10.5. The van der Waals surface area contributed by atoms with Crippen LogP contribution in [0.15, 0.2) is 28.7 Å². The highest BCUT2D eigenvalue weighted by Gasteiger charge is 2.21. The molecule has 0 aliphatic carbocycles. The van der Waals surface area contributed by atoms with E-state index in [0.29, 0.717) is 34.5 Å². The maximum atomic E-state index is 12.0. The lowest BCUT2D eigenvalue weighted by molar-refractivity contribution is -0.386. The maximum Gasteiger partial charge on any atom is 0.312 e. The second-order valence-corrected chi connectivity index (χ2v) is 5.59. The number of carbonyl (C=O) groups is 1. The molecule has 0 saturated heterocycles. The zero-order valence-electron chi connectivity index (χ0n) is 12.2. The minimum absolute atomic E-state index is 0.0251. The van der Waals surface area contributed by atoms with E-state index >= 15 is 0 Å². The van der Waals surface area contributed by atoms with Gasteiger partial charge in [-0.2, -0.15) is 5.10 Å². The average molecular weight is 367 g/mol. The van der Waals surface area contributed by atoms with Crippen LogP contribution in [0.2, 0.25) is 0 Å². The number of nitrogens with zero attached hydrogens (tertiary/aromatic N) is 3. The number of hydrogen-bond donors (Lipinski definition) is 1. The predicted octanol–water partition coefficient (Wildman–Crippen LogP) is 2.60. The molecule has 0 bridgehead atoms. The van der Waals surface area contributed by atoms with E-state index in [1.54, 1.807) is 32.0 Å². The van der Waals surface area contributed by atoms with Gasteiger partial charge in [0.25, 0.3) is 5.91 Å². The average Bonchev–Trinajstić information content (AvgIpc) is 2.73. The standard InChI is InChI=1S/C14H15BrN4O3/c1-9-13(19(21)22)10(2)18(17-9)8-7-16-14(20)11-5-3-4-6-12(11)15/h3-6H,7-8H2,1-2H3,(H,16,20). The topological polar surface area (TPSA) is 90.1 Å². The SMILES string of the molecule is Cc1nn(CCNC(=O)c2ccccc2Br)c(C)c1[N+](=O)[O-]. The lowest BCUT2D eigenvalue weighted by Gasteiger charge is -2.07. The number of benzene rings is 1. The summed E-state index contributed by atoms with van der Waals surface area (Å²) in [7, 11) is 0. The summed E-state index contributed by atoms with van der Waals surface area (Å²) in [6.45, 7) is 3.95. The minimum atomic E-state index is -0.437. The third kappa shape index (κ3) is 3.33. The molecule has 0 atom stereocenters. The summed E-state index contributed by atoms with van der Waals surface area (Å²) in [6, 6.07) is 7.12. The molecule has 2 rings (SSSR count). The largest absolute Gasteiger partial charge is 0.350 e. The number of nitrogens with one attached hydrogen (secondary N) is 1. The molecule has 2 aromatic rings. The van der Waals surface area contributed by atoms with Gasteiger partial charge in [0.2, 0.25) is 0 Å². The number of nitro groups is 1. The Kier molecular flexibility index (Phi) is 4.92. The van der Waals surface area contributed by atoms with Gasteiger partial charge in [-0.1, -0.05) is 12.1 Å². The highest BCUT2D eigenvalue weighted by molar-refractivity contribution is 9.10. The molecular formula is C14H15BrN4O3. The van der Waals surface area contributed by atoms with Gasteiger partial charge in [0.1, 0.15) is 11.4 Å². The number of aryl methyl sites for hydroxylation is 1. The number of hydrogen-bond acceptors (Lipinski definition) is 4. The molecule has 7 nitrogen and oxygen atoms in total. The Morgan fingerprint density at radius 1 is 1.41 bits per heavy atom. The lowest BCUT2D eigenvalue weighted by Crippen LogP contribution is -2.28. The molecule has 1 aromatic heterocycles. The van der Waals surface area contributed by atoms with Crippen LogP contribution in [0.25, 0.3) is 0 Å². The van der Waals surface area contributed by atoms with Crippen molar-refractivity contribution in [1.29, 1.82) is 0 Å². The Morgan fingerprint density at radius 2 is 2.09 bits per heavy atom. The lowest BCUT2D eigenvalue weighted by atomic mass is 10.2. The minimum Gasteiger partial charge on any atom is -0.350 e. The molecule has 0 saturated carbocycles. The van der Waals surface area contributed by atoms with E-state index < -0.39 is 4.92 Å². The number of aromatic nitrogens is 2. The van der Waals surface area contributed by atoms with E-state index in [1.165, 1.54) is 4.68 Å². The first-order valence-corrected chi connectivity index (χ1v) is 7.42. The van der Waals surface area contributed by atoms with Crippen LogP contribution >= 0.6 is 15.9 Å². The van der Waals surface area contributed by atoms with Crippen molar-refractivity contribution in [3.05, 3.63) is 55.8 Å². The Labute approximate surface area is 135 Å². The molecule has 0 aliphatic heterocycles. The van der Waals surface area contributed by atoms with Crippen molar-refractivity contribution in [2.24, 2.45) is 0 Å². The van der Waals surface area contributed by atoms with Crippen molar-refractivity contribution < 1.29 is 9.72 Å². The fourth-order valence-electron chi connectivity index (χ4n) is 2.19. The van der Waals surface area contributed by atoms with Crippen molar-refractivity contribution in [3.8, 4) is 0 Å². The summed E-state index contributed by atoms with van der Waals surface area (Å²) in [4.78, 5) is 22.5. The molecule has 116 valence electrons. The maximum absolute atomic E-state index is 12.0. The van der Waals surface area contributed by atoms with Crippen molar-refractivity contribution in [1.82, 2.24) is 15.1 Å². The molecular weight excluding hydrogens is 352 g/mol. The van der Waals surface area contributed by atoms with Crippen LogP contribution in [0.1, 0.15) is 21.7 Å². The van der Waals surface area contributed by atoms with Gasteiger partial charge in [-0.3, -0.25) is 19.6 Å². The number of carbonyl (C=O) groups excluding carboxylic acids is 1. The molecule has 22 heavy (non-hydrogen) atoms. The Balaban J connectivity index is 2.00. The molecule has 1 heterocycles. The first-order chi connectivity index (χ1) is 10.4. The smallest absolute Gasteiger partial charge is 0.312 e. The fraction of sp³-hybridized carbons (Fsp3) is 0.286. The monoisotopic (exact) mass is 366 g/mol. The molecule has 0 aliphatic rings. The summed E-state index contributed by atoms with van der Waals surface area (Å²) in [5.74, 6) is -0.205. The molecule has 0 radical (unpaired) electrons. The second kappa shape index (κ2) is 6.69. The Morgan fingerprint density at radius 3 is 2.68 bits per heavy atom. The third-order valence-corrected chi connectivity index (χ3v) is 3.95. The molecule has 1 N–H and O–H groups in total. The van der Waals surface area contributed by atoms with E-state index in [1.807, 2.05) is 6.07 Å². The number of rotatable bonds is 5. The Hall–Kier alpha value is -2.22. The van der Waals surface area contributed by atoms with E-state index in [2.05, 4.69) is 26.3 Å². The van der Waals surface area contributed by atoms with Crippen LogP contribution in [0.4, 0.5) is 5.69 Å². The van der Waals surface area contributed by atoms with Crippen molar-refractivity contribution >= 4 is 27.5 Å². The molecule has 1 amide bonds. The van der Waals surface area contributed by atoms with Crippen LogP contribution in [0, 0.1) is 24.0 Å². The first kappa shape index (κ1) is 16.2. The quantitative estimate of drug-likeness (QED) is 0.650. The number of halogens is 1. The summed E-state index contributed by atoms with van der Waals surface area (Å²) in [6.07, 6.45) is 0. The predicted molar refractivity (Wildman–Crippen MR) is 84.8 cm³/mol. The van der Waals surface area contributed by atoms with E-state index in [4.69, 9.17) is 0 Å². The van der Waals surface area contributed by atoms with Crippen molar-refractivity contribution in [2.75, 3.05) is 6.54 Å². The number of amides is 1. The van der Waals surface area contributed by atoms with Crippen molar-refractivity contribution in [2.45, 2.75) is 20.4 Å². The fourth-order valence-corrected chi connectivity index (χ4v) is 2.65. The van der Waals surface area contributed by atoms with Crippen LogP contribution in [-0.4, -0.2) is 27.2 Å². The van der Waals surface area contributed by atoms with Crippen LogP contribution in [0.5, 0.6) is 0 Å². The van der Waals surface area contributed by atoms with Crippen LogP contribution in [-0.2, 0) is 6.54 Å². The highest BCUT2D eigenvalue weighted by atomic mass is 79.9. The van der Waals surface area contributed by atoms with Gasteiger partial charge >= 0.3 is 5.69 Å². The van der Waals surface area contributed by atoms with Crippen molar-refractivity contribution in [3.63, 3.8) is 0 Å². The van der Waals surface area contributed by atoms with E-state index in [0.717, 1.165) is 0 Å². The molecule has 0 spiro atoms. The highest BCUT2D eigenvalue weighted by Crippen LogP contribution is 2.21. The summed E-state index contributed by atoms with van der Waals surface area (Å²) in [5.41, 5.74) is 1.43. The summed E-state index contributed by atoms with van der Waals surface area (Å²) < 4.78 is 2.25. The molecule has 0 unspecified atom stereocenters. The first-order valence-electron chi connectivity index (χ1n) is 6.63. The van der Waals surface area contributed by atoms with E-state index in [9.17, 15) is 14.9 Å². The summed E-state index contributed by atoms with van der Waals surface area (Å²) in [5, 5.41) is 17.8. The van der Waals surface area contributed by atoms with Gasteiger partial charge in [0, 0.05) is 11.0 Å². The zero-order valence-corrected chi connectivity index (χ0v) is 13.8. The van der Waals surface area contributed by atoms with Gasteiger partial charge < -0.3 is 5.32 Å². The van der Waals surface area contributed by atoms with Gasteiger partial charge in [-0.05, 0) is 41.9 Å². The van der Waals surface area contributed by atoms with Crippen LogP contribution < -0.4 is 5.32 Å². The third-order valence-electron chi connectivity index (χ3n) is 3.25. The molecule has 0 fully saturated rings. The second-order valence-electron chi connectivity index (χ2n) is 4.74. The van der Waals surface area contributed by atoms with Gasteiger partial charge in [0.15, 0.2) is 0 Å². The van der Waals surface area contributed by atoms with Gasteiger partial charge in [-0.25, -0.2) is 0 Å². The molecule has 1 aromatic carbocycles. The van der Waals surface area contributed by atoms with E-state index in [-0.39, 0.29) is 11.6 Å². The zero-order chi connectivity index (χ0) is 16.3. The summed E-state index contributed by atoms with van der Waals surface area (Å²) >= 11 is 3.32. The molecule has 8 heteroatoms. The van der Waals surface area contributed by atoms with Gasteiger partial charge in [-0.15, -0.1) is 0 Å². The van der Waals surface area contributed by atoms with Crippen LogP contribution in [0.3, 0.4) is 0 Å².